The molecule has 0 unspecified atom stereocenters. The Bertz CT molecular complexity index is 751. The Morgan fingerprint density at radius 3 is 2.64 bits per heavy atom. The molecule has 2 aromatic rings. The fraction of sp³-hybridized carbons (Fsp3) is 0.474. The van der Waals surface area contributed by atoms with Crippen molar-refractivity contribution in [3.05, 3.63) is 41.5 Å². The van der Waals surface area contributed by atoms with E-state index in [-0.39, 0.29) is 25.2 Å². The van der Waals surface area contributed by atoms with Crippen LogP contribution in [0.1, 0.15) is 23.1 Å². The second-order valence-corrected chi connectivity index (χ2v) is 6.24. The number of H-pyrrole nitrogens is 1. The van der Waals surface area contributed by atoms with Crippen molar-refractivity contribution in [2.75, 3.05) is 34.0 Å². The van der Waals surface area contributed by atoms with E-state index in [0.717, 1.165) is 23.6 Å². The fourth-order valence-electron chi connectivity index (χ4n) is 3.32. The van der Waals surface area contributed by atoms with Gasteiger partial charge in [-0.2, -0.15) is 0 Å². The van der Waals surface area contributed by atoms with Crippen LogP contribution in [-0.4, -0.2) is 71.6 Å². The first-order valence-corrected chi connectivity index (χ1v) is 8.84. The number of hydrogen-bond acceptors (Lipinski definition) is 7. The lowest BCUT2D eigenvalue weighted by molar-refractivity contribution is -0.122. The van der Waals surface area contributed by atoms with Crippen molar-refractivity contribution >= 4 is 6.47 Å². The minimum atomic E-state index is -0.303. The fourth-order valence-corrected chi connectivity index (χ4v) is 3.32. The smallest absolute Gasteiger partial charge is 0.290 e. The number of aliphatic hydroxyl groups is 1. The molecule has 0 radical (unpaired) electrons. The van der Waals surface area contributed by atoms with Gasteiger partial charge in [-0.25, -0.2) is 4.98 Å². The Labute approximate surface area is 163 Å². The lowest BCUT2D eigenvalue weighted by Crippen LogP contribution is -2.46. The molecule has 3 rings (SSSR count). The molecule has 0 saturated carbocycles. The van der Waals surface area contributed by atoms with Gasteiger partial charge < -0.3 is 29.4 Å². The van der Waals surface area contributed by atoms with Crippen molar-refractivity contribution in [2.24, 2.45) is 0 Å². The number of aromatic amines is 1. The SMILES string of the molecule is COc1ccc([C@@H]2[C@@H](CO)OCCN2Cc2ncc(C)[nH]2)cc1OC.O=CO. The van der Waals surface area contributed by atoms with Gasteiger partial charge in [0.05, 0.1) is 40.0 Å². The summed E-state index contributed by atoms with van der Waals surface area (Å²) >= 11 is 0. The number of ether oxygens (including phenoxy) is 3. The number of carbonyl (C=O) groups is 1. The first-order chi connectivity index (χ1) is 13.6. The van der Waals surface area contributed by atoms with Gasteiger partial charge in [-0.15, -0.1) is 0 Å². The number of nitrogens with zero attached hydrogens (tertiary/aromatic N) is 2. The van der Waals surface area contributed by atoms with E-state index in [4.69, 9.17) is 24.1 Å². The molecule has 1 aromatic carbocycles. The summed E-state index contributed by atoms with van der Waals surface area (Å²) in [6.45, 7) is 3.68. The Morgan fingerprint density at radius 1 is 1.36 bits per heavy atom. The van der Waals surface area contributed by atoms with E-state index in [1.54, 1.807) is 14.2 Å². The predicted octanol–water partition coefficient (Wildman–Crippen LogP) is 1.37. The van der Waals surface area contributed by atoms with E-state index in [1.165, 1.54) is 0 Å². The van der Waals surface area contributed by atoms with Crippen LogP contribution in [0.4, 0.5) is 0 Å². The van der Waals surface area contributed by atoms with Gasteiger partial charge in [0, 0.05) is 18.4 Å². The topological polar surface area (TPSA) is 117 Å². The molecule has 1 aliphatic rings. The minimum absolute atomic E-state index is 0.0489. The molecule has 0 spiro atoms. The molecule has 2 heterocycles. The number of imidazole rings is 1. The Hall–Kier alpha value is -2.62. The summed E-state index contributed by atoms with van der Waals surface area (Å²) < 4.78 is 16.6. The van der Waals surface area contributed by atoms with Crippen molar-refractivity contribution in [2.45, 2.75) is 25.6 Å². The predicted molar refractivity (Wildman–Crippen MR) is 102 cm³/mol. The van der Waals surface area contributed by atoms with Crippen molar-refractivity contribution in [3.8, 4) is 11.5 Å². The molecule has 1 fully saturated rings. The maximum atomic E-state index is 9.81. The molecule has 1 aromatic heterocycles. The number of benzene rings is 1. The van der Waals surface area contributed by atoms with E-state index in [0.29, 0.717) is 24.7 Å². The first kappa shape index (κ1) is 21.7. The van der Waals surface area contributed by atoms with E-state index in [9.17, 15) is 5.11 Å². The third-order valence-corrected chi connectivity index (χ3v) is 4.49. The van der Waals surface area contributed by atoms with E-state index in [1.807, 2.05) is 31.3 Å². The highest BCUT2D eigenvalue weighted by molar-refractivity contribution is 5.44. The molecule has 28 heavy (non-hydrogen) atoms. The average Bonchev–Trinajstić information content (AvgIpc) is 3.12. The van der Waals surface area contributed by atoms with Crippen molar-refractivity contribution in [1.82, 2.24) is 14.9 Å². The van der Waals surface area contributed by atoms with Gasteiger partial charge in [0.25, 0.3) is 6.47 Å². The molecular weight excluding hydrogens is 366 g/mol. The van der Waals surface area contributed by atoms with E-state index >= 15 is 0 Å². The third kappa shape index (κ3) is 5.22. The van der Waals surface area contributed by atoms with E-state index < -0.39 is 0 Å². The first-order valence-electron chi connectivity index (χ1n) is 8.84. The van der Waals surface area contributed by atoms with Crippen LogP contribution in [-0.2, 0) is 16.1 Å². The molecule has 9 nitrogen and oxygen atoms in total. The maximum Gasteiger partial charge on any atom is 0.290 e. The lowest BCUT2D eigenvalue weighted by Gasteiger charge is -2.40. The molecule has 1 aliphatic heterocycles. The summed E-state index contributed by atoms with van der Waals surface area (Å²) in [5.41, 5.74) is 2.05. The zero-order chi connectivity index (χ0) is 20.5. The molecule has 1 saturated heterocycles. The van der Waals surface area contributed by atoms with Crippen LogP contribution < -0.4 is 9.47 Å². The highest BCUT2D eigenvalue weighted by Crippen LogP contribution is 2.36. The summed E-state index contributed by atoms with van der Waals surface area (Å²) in [7, 11) is 3.23. The van der Waals surface area contributed by atoms with Gasteiger partial charge in [0.1, 0.15) is 11.9 Å². The number of aromatic nitrogens is 2. The summed E-state index contributed by atoms with van der Waals surface area (Å²) in [4.78, 5) is 18.3. The summed E-state index contributed by atoms with van der Waals surface area (Å²) in [6, 6.07) is 5.72. The molecule has 0 amide bonds. The normalized spacial score (nSPS) is 19.4. The molecule has 154 valence electrons. The number of aryl methyl sites for hydroxylation is 1. The molecule has 2 atom stereocenters. The van der Waals surface area contributed by atoms with Crippen LogP contribution >= 0.6 is 0 Å². The Balaban J connectivity index is 0.000000878. The quantitative estimate of drug-likeness (QED) is 0.630. The van der Waals surface area contributed by atoms with Gasteiger partial charge in [-0.3, -0.25) is 9.69 Å². The van der Waals surface area contributed by atoms with Crippen molar-refractivity contribution in [3.63, 3.8) is 0 Å². The molecule has 0 aliphatic carbocycles. The molecular formula is C19H27N3O6. The highest BCUT2D eigenvalue weighted by atomic mass is 16.5. The van der Waals surface area contributed by atoms with Crippen LogP contribution in [0, 0.1) is 6.92 Å². The Morgan fingerprint density at radius 2 is 2.07 bits per heavy atom. The number of aliphatic hydroxyl groups excluding tert-OH is 1. The van der Waals surface area contributed by atoms with E-state index in [2.05, 4.69) is 14.9 Å². The zero-order valence-corrected chi connectivity index (χ0v) is 16.3. The second-order valence-electron chi connectivity index (χ2n) is 6.24. The largest absolute Gasteiger partial charge is 0.493 e. The monoisotopic (exact) mass is 393 g/mol. The standard InChI is InChI=1S/C18H25N3O4.CH2O2/c1-12-9-19-17(20-12)10-21-6-7-25-16(11-22)18(21)13-4-5-14(23-2)15(8-13)24-3;2-1-3/h4-5,8-9,16,18,22H,6-7,10-11H2,1-3H3,(H,19,20);1H,(H,2,3)/t16-,18-;/m1./s1. The van der Waals surface area contributed by atoms with Gasteiger partial charge in [0.15, 0.2) is 11.5 Å². The summed E-state index contributed by atoms with van der Waals surface area (Å²) in [5, 5.41) is 16.7. The number of hydrogen-bond donors (Lipinski definition) is 3. The highest BCUT2D eigenvalue weighted by Gasteiger charge is 2.34. The Kier molecular flexibility index (Phi) is 8.24. The summed E-state index contributed by atoms with van der Waals surface area (Å²) in [5.74, 6) is 2.24. The molecule has 9 heteroatoms. The van der Waals surface area contributed by atoms with Crippen LogP contribution in [0.25, 0.3) is 0 Å². The molecule has 0 bridgehead atoms. The van der Waals surface area contributed by atoms with Gasteiger partial charge in [-0.1, -0.05) is 6.07 Å². The van der Waals surface area contributed by atoms with Crippen LogP contribution in [0.3, 0.4) is 0 Å². The number of methoxy groups -OCH3 is 2. The van der Waals surface area contributed by atoms with Crippen molar-refractivity contribution in [1.29, 1.82) is 0 Å². The van der Waals surface area contributed by atoms with Gasteiger partial charge >= 0.3 is 0 Å². The molecule has 3 N–H and O–H groups in total. The lowest BCUT2D eigenvalue weighted by atomic mass is 9.97. The van der Waals surface area contributed by atoms with Crippen LogP contribution in [0.15, 0.2) is 24.4 Å². The third-order valence-electron chi connectivity index (χ3n) is 4.49. The minimum Gasteiger partial charge on any atom is -0.493 e. The van der Waals surface area contributed by atoms with Crippen LogP contribution in [0.5, 0.6) is 11.5 Å². The number of nitrogens with one attached hydrogen (secondary N) is 1. The van der Waals surface area contributed by atoms with Crippen molar-refractivity contribution < 1.29 is 29.2 Å². The maximum absolute atomic E-state index is 9.81. The van der Waals surface area contributed by atoms with Crippen LogP contribution in [0.2, 0.25) is 0 Å². The number of carboxylic acid groups (broad SMARTS) is 1. The number of morpholine rings is 1. The second kappa shape index (κ2) is 10.6. The van der Waals surface area contributed by atoms with Gasteiger partial charge in [-0.05, 0) is 24.6 Å². The average molecular weight is 393 g/mol. The number of rotatable bonds is 6. The summed E-state index contributed by atoms with van der Waals surface area (Å²) in [6.07, 6.45) is 1.52. The zero-order valence-electron chi connectivity index (χ0n) is 16.3. The van der Waals surface area contributed by atoms with Gasteiger partial charge in [0.2, 0.25) is 0 Å².